The summed E-state index contributed by atoms with van der Waals surface area (Å²) in [7, 11) is 0. The molecule has 0 radical (unpaired) electrons. The fourth-order valence-electron chi connectivity index (χ4n) is 2.45. The maximum Gasteiger partial charge on any atom is 0.239 e. The second-order valence-electron chi connectivity index (χ2n) is 6.55. The maximum atomic E-state index is 11.8. The molecule has 0 bridgehead atoms. The zero-order valence-corrected chi connectivity index (χ0v) is 17.0. The quantitative estimate of drug-likeness (QED) is 0.558. The van der Waals surface area contributed by atoms with Gasteiger partial charge >= 0.3 is 0 Å². The van der Waals surface area contributed by atoms with Crippen LogP contribution in [-0.2, 0) is 9.59 Å². The molecule has 2 aromatic rings. The Morgan fingerprint density at radius 2 is 1.64 bits per heavy atom. The topological polar surface area (TPSA) is 93.5 Å². The normalized spacial score (nSPS) is 11.3. The Hall–Kier alpha value is -2.57. The molecule has 28 heavy (non-hydrogen) atoms. The Balaban J connectivity index is 0.00000392. The molecule has 0 aliphatic heterocycles. The van der Waals surface area contributed by atoms with Gasteiger partial charge in [-0.3, -0.25) is 9.59 Å². The van der Waals surface area contributed by atoms with E-state index >= 15 is 0 Å². The maximum absolute atomic E-state index is 11.8. The van der Waals surface area contributed by atoms with Gasteiger partial charge in [-0.05, 0) is 17.5 Å². The molecule has 4 N–H and O–H groups in total. The summed E-state index contributed by atoms with van der Waals surface area (Å²) in [6.07, 6.45) is 0. The SMILES string of the molecule is CC(C)[C@H](N)C(=O)NCC(=O)NCCOc1ccccc1-c1ccccc1.Cl. The lowest BCUT2D eigenvalue weighted by atomic mass is 10.1. The van der Waals surface area contributed by atoms with Crippen LogP contribution in [-0.4, -0.2) is 37.6 Å². The summed E-state index contributed by atoms with van der Waals surface area (Å²) in [6.45, 7) is 4.28. The lowest BCUT2D eigenvalue weighted by Crippen LogP contribution is -2.47. The summed E-state index contributed by atoms with van der Waals surface area (Å²) < 4.78 is 5.82. The van der Waals surface area contributed by atoms with Crippen molar-refractivity contribution in [2.45, 2.75) is 19.9 Å². The minimum atomic E-state index is -0.615. The molecule has 0 heterocycles. The van der Waals surface area contributed by atoms with Gasteiger partial charge < -0.3 is 21.1 Å². The van der Waals surface area contributed by atoms with Gasteiger partial charge in [-0.15, -0.1) is 12.4 Å². The van der Waals surface area contributed by atoms with E-state index in [-0.39, 0.29) is 36.7 Å². The van der Waals surface area contributed by atoms with Gasteiger partial charge in [0.05, 0.1) is 19.1 Å². The highest BCUT2D eigenvalue weighted by atomic mass is 35.5. The molecular formula is C21H28ClN3O3. The molecule has 152 valence electrons. The number of rotatable bonds is 9. The van der Waals surface area contributed by atoms with Gasteiger partial charge in [-0.2, -0.15) is 0 Å². The molecule has 1 atom stereocenters. The van der Waals surface area contributed by atoms with E-state index in [1.165, 1.54) is 0 Å². The summed E-state index contributed by atoms with van der Waals surface area (Å²) in [5.41, 5.74) is 7.80. The number of hydrogen-bond donors (Lipinski definition) is 3. The molecule has 0 spiro atoms. The van der Waals surface area contributed by atoms with E-state index in [0.29, 0.717) is 13.2 Å². The van der Waals surface area contributed by atoms with Crippen LogP contribution in [0.5, 0.6) is 5.75 Å². The van der Waals surface area contributed by atoms with Gasteiger partial charge in [0.15, 0.2) is 0 Å². The van der Waals surface area contributed by atoms with E-state index in [1.807, 2.05) is 68.4 Å². The number of carbonyl (C=O) groups excluding carboxylic acids is 2. The molecule has 0 saturated heterocycles. The predicted molar refractivity (Wildman–Crippen MR) is 113 cm³/mol. The number of nitrogens with one attached hydrogen (secondary N) is 2. The molecule has 2 aromatic carbocycles. The van der Waals surface area contributed by atoms with E-state index in [2.05, 4.69) is 10.6 Å². The molecule has 0 saturated carbocycles. The summed E-state index contributed by atoms with van der Waals surface area (Å²) in [6, 6.07) is 17.1. The van der Waals surface area contributed by atoms with Crippen LogP contribution in [0.4, 0.5) is 0 Å². The molecule has 0 aliphatic carbocycles. The van der Waals surface area contributed by atoms with Crippen LogP contribution in [0.25, 0.3) is 11.1 Å². The van der Waals surface area contributed by atoms with E-state index in [4.69, 9.17) is 10.5 Å². The van der Waals surface area contributed by atoms with Crippen LogP contribution in [0.2, 0.25) is 0 Å². The first kappa shape index (κ1) is 23.5. The first-order chi connectivity index (χ1) is 13.0. The molecular weight excluding hydrogens is 378 g/mol. The van der Waals surface area contributed by atoms with E-state index in [1.54, 1.807) is 0 Å². The minimum absolute atomic E-state index is 0. The third-order valence-electron chi connectivity index (χ3n) is 4.10. The van der Waals surface area contributed by atoms with Crippen molar-refractivity contribution in [3.63, 3.8) is 0 Å². The molecule has 0 unspecified atom stereocenters. The van der Waals surface area contributed by atoms with Crippen LogP contribution >= 0.6 is 12.4 Å². The van der Waals surface area contributed by atoms with Crippen molar-refractivity contribution in [3.8, 4) is 16.9 Å². The van der Waals surface area contributed by atoms with Crippen molar-refractivity contribution in [3.05, 3.63) is 54.6 Å². The number of ether oxygens (including phenoxy) is 1. The van der Waals surface area contributed by atoms with Gasteiger partial charge in [0.2, 0.25) is 11.8 Å². The zero-order chi connectivity index (χ0) is 19.6. The molecule has 6 nitrogen and oxygen atoms in total. The predicted octanol–water partition coefficient (Wildman–Crippen LogP) is 2.37. The largest absolute Gasteiger partial charge is 0.491 e. The molecule has 2 amide bonds. The fraction of sp³-hybridized carbons (Fsp3) is 0.333. The van der Waals surface area contributed by atoms with E-state index in [0.717, 1.165) is 16.9 Å². The van der Waals surface area contributed by atoms with Crippen molar-refractivity contribution < 1.29 is 14.3 Å². The number of para-hydroxylation sites is 1. The van der Waals surface area contributed by atoms with Gasteiger partial charge in [0, 0.05) is 5.56 Å². The molecule has 7 heteroatoms. The summed E-state index contributed by atoms with van der Waals surface area (Å²) in [5.74, 6) is 0.174. The second-order valence-corrected chi connectivity index (χ2v) is 6.55. The van der Waals surface area contributed by atoms with Crippen molar-refractivity contribution in [2.24, 2.45) is 11.7 Å². The Morgan fingerprint density at radius 1 is 1.00 bits per heavy atom. The lowest BCUT2D eigenvalue weighted by Gasteiger charge is -2.15. The number of benzene rings is 2. The van der Waals surface area contributed by atoms with Crippen LogP contribution in [0.15, 0.2) is 54.6 Å². The van der Waals surface area contributed by atoms with Crippen molar-refractivity contribution in [1.82, 2.24) is 10.6 Å². The van der Waals surface area contributed by atoms with Crippen molar-refractivity contribution in [1.29, 1.82) is 0 Å². The first-order valence-corrected chi connectivity index (χ1v) is 9.06. The highest BCUT2D eigenvalue weighted by molar-refractivity contribution is 5.87. The van der Waals surface area contributed by atoms with Crippen LogP contribution in [0, 0.1) is 5.92 Å². The van der Waals surface area contributed by atoms with Crippen molar-refractivity contribution >= 4 is 24.2 Å². The zero-order valence-electron chi connectivity index (χ0n) is 16.2. The monoisotopic (exact) mass is 405 g/mol. The summed E-state index contributed by atoms with van der Waals surface area (Å²) in [5, 5.41) is 5.25. The fourth-order valence-corrected chi connectivity index (χ4v) is 2.45. The minimum Gasteiger partial charge on any atom is -0.491 e. The van der Waals surface area contributed by atoms with Crippen LogP contribution in [0.1, 0.15) is 13.8 Å². The number of amides is 2. The second kappa shape index (κ2) is 12.0. The standard InChI is InChI=1S/C21H27N3O3.ClH/c1-15(2)20(22)21(26)24-14-19(25)23-12-13-27-18-11-7-6-10-17(18)16-8-4-3-5-9-16;/h3-11,15,20H,12-14,22H2,1-2H3,(H,23,25)(H,24,26);1H/t20-;/m0./s1. The van der Waals surface area contributed by atoms with Gasteiger partial charge in [0.25, 0.3) is 0 Å². The molecule has 0 fully saturated rings. The Morgan fingerprint density at radius 3 is 2.32 bits per heavy atom. The van der Waals surface area contributed by atoms with Gasteiger partial charge in [-0.25, -0.2) is 0 Å². The van der Waals surface area contributed by atoms with Gasteiger partial charge in [-0.1, -0.05) is 62.4 Å². The van der Waals surface area contributed by atoms with Crippen LogP contribution < -0.4 is 21.1 Å². The lowest BCUT2D eigenvalue weighted by molar-refractivity contribution is -0.127. The average Bonchev–Trinajstić information content (AvgIpc) is 2.69. The van der Waals surface area contributed by atoms with E-state index in [9.17, 15) is 9.59 Å². The Bertz CT molecular complexity index is 754. The number of carbonyl (C=O) groups is 2. The summed E-state index contributed by atoms with van der Waals surface area (Å²) in [4.78, 5) is 23.6. The number of halogens is 1. The number of nitrogens with two attached hydrogens (primary N) is 1. The smallest absolute Gasteiger partial charge is 0.239 e. The Labute approximate surface area is 172 Å². The highest BCUT2D eigenvalue weighted by Gasteiger charge is 2.17. The molecule has 0 aliphatic rings. The molecule has 2 rings (SSSR count). The van der Waals surface area contributed by atoms with E-state index < -0.39 is 6.04 Å². The average molecular weight is 406 g/mol. The molecule has 0 aromatic heterocycles. The Kier molecular flexibility index (Phi) is 10.1. The highest BCUT2D eigenvalue weighted by Crippen LogP contribution is 2.29. The summed E-state index contributed by atoms with van der Waals surface area (Å²) >= 11 is 0. The number of hydrogen-bond acceptors (Lipinski definition) is 4. The van der Waals surface area contributed by atoms with Crippen molar-refractivity contribution in [2.75, 3.05) is 19.7 Å². The third-order valence-corrected chi connectivity index (χ3v) is 4.10. The first-order valence-electron chi connectivity index (χ1n) is 9.06. The van der Waals surface area contributed by atoms with Gasteiger partial charge in [0.1, 0.15) is 12.4 Å². The third kappa shape index (κ3) is 7.21. The van der Waals surface area contributed by atoms with Crippen LogP contribution in [0.3, 0.4) is 0 Å².